The molecular weight excluding hydrogens is 394 g/mol. The second-order valence-electron chi connectivity index (χ2n) is 8.12. The molecule has 3 aromatic rings. The topological polar surface area (TPSA) is 54.0 Å². The molecule has 1 aromatic heterocycles. The minimum atomic E-state index is 0.180. The van der Waals surface area contributed by atoms with E-state index in [9.17, 15) is 4.79 Å². The van der Waals surface area contributed by atoms with Crippen molar-refractivity contribution < 1.29 is 4.79 Å². The molecule has 2 aromatic carbocycles. The lowest BCUT2D eigenvalue weighted by Gasteiger charge is -2.30. The summed E-state index contributed by atoms with van der Waals surface area (Å²) in [5.41, 5.74) is 3.30. The molecule has 0 atom stereocenters. The van der Waals surface area contributed by atoms with Gasteiger partial charge in [-0.3, -0.25) is 9.78 Å². The Morgan fingerprint density at radius 2 is 1.77 bits per heavy atom. The lowest BCUT2D eigenvalue weighted by atomic mass is 9.90. The van der Waals surface area contributed by atoms with Crippen LogP contribution in [0.3, 0.4) is 0 Å². The smallest absolute Gasteiger partial charge is 0.220 e. The summed E-state index contributed by atoms with van der Waals surface area (Å²) in [5.74, 6) is 0.180. The van der Waals surface area contributed by atoms with Crippen LogP contribution in [0.4, 0.5) is 5.69 Å². The SMILES string of the molecule is O=C(CCCc1ccccc1)NC1CCC(Nc2ccnc3cc(Cl)ccc23)CC1. The molecule has 4 nitrogen and oxygen atoms in total. The fourth-order valence-corrected chi connectivity index (χ4v) is 4.41. The minimum Gasteiger partial charge on any atom is -0.382 e. The zero-order chi connectivity index (χ0) is 20.8. The number of nitrogens with one attached hydrogen (secondary N) is 2. The van der Waals surface area contributed by atoms with Gasteiger partial charge in [-0.05, 0) is 68.4 Å². The van der Waals surface area contributed by atoms with E-state index in [0.717, 1.165) is 55.1 Å². The molecule has 1 amide bonds. The molecule has 2 N–H and O–H groups in total. The van der Waals surface area contributed by atoms with Gasteiger partial charge in [-0.2, -0.15) is 0 Å². The Balaban J connectivity index is 1.22. The van der Waals surface area contributed by atoms with Crippen LogP contribution in [0.25, 0.3) is 10.9 Å². The van der Waals surface area contributed by atoms with Crippen LogP contribution in [-0.4, -0.2) is 23.0 Å². The summed E-state index contributed by atoms with van der Waals surface area (Å²) in [6.07, 6.45) is 8.38. The second-order valence-corrected chi connectivity index (χ2v) is 8.56. The van der Waals surface area contributed by atoms with Crippen LogP contribution in [0, 0.1) is 0 Å². The molecule has 1 heterocycles. The number of anilines is 1. The molecule has 1 aliphatic carbocycles. The van der Waals surface area contributed by atoms with Gasteiger partial charge in [0.1, 0.15) is 0 Å². The molecule has 156 valence electrons. The molecule has 0 aliphatic heterocycles. The van der Waals surface area contributed by atoms with Crippen molar-refractivity contribution in [2.24, 2.45) is 0 Å². The third-order valence-electron chi connectivity index (χ3n) is 5.87. The van der Waals surface area contributed by atoms with Crippen molar-refractivity contribution in [3.8, 4) is 0 Å². The van der Waals surface area contributed by atoms with Crippen molar-refractivity contribution in [1.82, 2.24) is 10.3 Å². The third kappa shape index (κ3) is 5.51. The van der Waals surface area contributed by atoms with Crippen LogP contribution in [0.5, 0.6) is 0 Å². The molecule has 0 unspecified atom stereocenters. The Hall–Kier alpha value is -2.59. The number of halogens is 1. The number of amides is 1. The van der Waals surface area contributed by atoms with Crippen LogP contribution < -0.4 is 10.6 Å². The number of hydrogen-bond donors (Lipinski definition) is 2. The summed E-state index contributed by atoms with van der Waals surface area (Å²) in [5, 5.41) is 8.70. The van der Waals surface area contributed by atoms with Gasteiger partial charge in [-0.15, -0.1) is 0 Å². The predicted molar refractivity (Wildman–Crippen MR) is 124 cm³/mol. The number of benzene rings is 2. The van der Waals surface area contributed by atoms with Crippen LogP contribution >= 0.6 is 11.6 Å². The first-order valence-corrected chi connectivity index (χ1v) is 11.2. The number of carbonyl (C=O) groups is 1. The van der Waals surface area contributed by atoms with Gasteiger partial charge in [0.2, 0.25) is 5.91 Å². The average Bonchev–Trinajstić information content (AvgIpc) is 2.76. The van der Waals surface area contributed by atoms with Gasteiger partial charge in [0.25, 0.3) is 0 Å². The average molecular weight is 422 g/mol. The number of fused-ring (bicyclic) bond motifs is 1. The van der Waals surface area contributed by atoms with Gasteiger partial charge in [0, 0.05) is 40.8 Å². The zero-order valence-corrected chi connectivity index (χ0v) is 17.9. The maximum atomic E-state index is 12.3. The van der Waals surface area contributed by atoms with Gasteiger partial charge >= 0.3 is 0 Å². The van der Waals surface area contributed by atoms with Crippen LogP contribution in [0.2, 0.25) is 5.02 Å². The summed E-state index contributed by atoms with van der Waals surface area (Å²) in [6, 6.07) is 18.9. The van der Waals surface area contributed by atoms with Crippen LogP contribution in [0.15, 0.2) is 60.8 Å². The lowest BCUT2D eigenvalue weighted by Crippen LogP contribution is -2.40. The Morgan fingerprint density at radius 3 is 2.57 bits per heavy atom. The molecule has 0 radical (unpaired) electrons. The highest BCUT2D eigenvalue weighted by atomic mass is 35.5. The standard InChI is InChI=1S/C25H28ClN3O/c26-19-9-14-22-23(15-16-27-24(22)17-19)28-20-10-12-21(13-11-20)29-25(30)8-4-7-18-5-2-1-3-6-18/h1-3,5-6,9,14-17,20-21H,4,7-8,10-13H2,(H,27,28)(H,29,30). The molecule has 1 aliphatic rings. The summed E-state index contributed by atoms with van der Waals surface area (Å²) < 4.78 is 0. The van der Waals surface area contributed by atoms with Crippen LogP contribution in [-0.2, 0) is 11.2 Å². The zero-order valence-electron chi connectivity index (χ0n) is 17.1. The van der Waals surface area contributed by atoms with Crippen molar-refractivity contribution in [3.05, 3.63) is 71.4 Å². The quantitative estimate of drug-likeness (QED) is 0.510. The van der Waals surface area contributed by atoms with Gasteiger partial charge in [0.15, 0.2) is 0 Å². The maximum absolute atomic E-state index is 12.3. The van der Waals surface area contributed by atoms with Crippen LogP contribution in [0.1, 0.15) is 44.1 Å². The van der Waals surface area contributed by atoms with E-state index in [1.807, 2.05) is 48.7 Å². The largest absolute Gasteiger partial charge is 0.382 e. The van der Waals surface area contributed by atoms with E-state index in [4.69, 9.17) is 11.6 Å². The van der Waals surface area contributed by atoms with Gasteiger partial charge in [-0.1, -0.05) is 41.9 Å². The Bertz CT molecular complexity index is 984. The fourth-order valence-electron chi connectivity index (χ4n) is 4.25. The van der Waals surface area contributed by atoms with Crippen molar-refractivity contribution >= 4 is 34.1 Å². The number of aryl methyl sites for hydroxylation is 1. The summed E-state index contributed by atoms with van der Waals surface area (Å²) in [6.45, 7) is 0. The van der Waals surface area contributed by atoms with Crippen molar-refractivity contribution in [2.45, 2.75) is 57.0 Å². The van der Waals surface area contributed by atoms with Crippen molar-refractivity contribution in [2.75, 3.05) is 5.32 Å². The van der Waals surface area contributed by atoms with E-state index in [0.29, 0.717) is 23.5 Å². The Kier molecular flexibility index (Phi) is 6.85. The maximum Gasteiger partial charge on any atom is 0.220 e. The van der Waals surface area contributed by atoms with E-state index in [1.54, 1.807) is 0 Å². The molecular formula is C25H28ClN3O. The Labute approximate surface area is 183 Å². The first kappa shape index (κ1) is 20.7. The molecule has 4 rings (SSSR count). The van der Waals surface area contributed by atoms with Crippen molar-refractivity contribution in [1.29, 1.82) is 0 Å². The van der Waals surface area contributed by atoms with Gasteiger partial charge < -0.3 is 10.6 Å². The highest BCUT2D eigenvalue weighted by Crippen LogP contribution is 2.28. The highest BCUT2D eigenvalue weighted by Gasteiger charge is 2.22. The van der Waals surface area contributed by atoms with E-state index in [-0.39, 0.29) is 5.91 Å². The monoisotopic (exact) mass is 421 g/mol. The number of carbonyl (C=O) groups excluding carboxylic acids is 1. The molecule has 5 heteroatoms. The van der Waals surface area contributed by atoms with E-state index in [1.165, 1.54) is 5.56 Å². The molecule has 0 saturated heterocycles. The van der Waals surface area contributed by atoms with E-state index < -0.39 is 0 Å². The van der Waals surface area contributed by atoms with E-state index in [2.05, 4.69) is 27.8 Å². The number of rotatable bonds is 7. The van der Waals surface area contributed by atoms with Gasteiger partial charge in [-0.25, -0.2) is 0 Å². The lowest BCUT2D eigenvalue weighted by molar-refractivity contribution is -0.122. The molecule has 1 saturated carbocycles. The molecule has 0 spiro atoms. The number of nitrogens with zero attached hydrogens (tertiary/aromatic N) is 1. The second kappa shape index (κ2) is 9.94. The summed E-state index contributed by atoms with van der Waals surface area (Å²) in [4.78, 5) is 16.7. The molecule has 1 fully saturated rings. The molecule has 0 bridgehead atoms. The molecule has 30 heavy (non-hydrogen) atoms. The van der Waals surface area contributed by atoms with Crippen molar-refractivity contribution in [3.63, 3.8) is 0 Å². The summed E-state index contributed by atoms with van der Waals surface area (Å²) in [7, 11) is 0. The van der Waals surface area contributed by atoms with Gasteiger partial charge in [0.05, 0.1) is 5.52 Å². The first-order chi connectivity index (χ1) is 14.7. The predicted octanol–water partition coefficient (Wildman–Crippen LogP) is 5.75. The normalized spacial score (nSPS) is 18.8. The third-order valence-corrected chi connectivity index (χ3v) is 6.10. The first-order valence-electron chi connectivity index (χ1n) is 10.8. The highest BCUT2D eigenvalue weighted by molar-refractivity contribution is 6.31. The minimum absolute atomic E-state index is 0.180. The fraction of sp³-hybridized carbons (Fsp3) is 0.360. The number of pyridine rings is 1. The Morgan fingerprint density at radius 1 is 1.00 bits per heavy atom. The number of aromatic nitrogens is 1. The number of hydrogen-bond acceptors (Lipinski definition) is 3. The van der Waals surface area contributed by atoms with E-state index >= 15 is 0 Å². The summed E-state index contributed by atoms with van der Waals surface area (Å²) >= 11 is 6.09.